The van der Waals surface area contributed by atoms with Crippen LogP contribution in [0.1, 0.15) is 12.5 Å². The Morgan fingerprint density at radius 2 is 1.74 bits per heavy atom. The number of hydrogen-bond acceptors (Lipinski definition) is 3. The lowest BCUT2D eigenvalue weighted by Crippen LogP contribution is -2.10. The molecule has 4 nitrogen and oxygen atoms in total. The number of nitrogens with one attached hydrogen (secondary N) is 1. The van der Waals surface area contributed by atoms with Gasteiger partial charge in [0.2, 0.25) is 0 Å². The smallest absolute Gasteiger partial charge is 0.131 e. The van der Waals surface area contributed by atoms with E-state index in [-0.39, 0.29) is 5.84 Å². The first-order chi connectivity index (χ1) is 9.19. The Morgan fingerprint density at radius 3 is 2.37 bits per heavy atom. The van der Waals surface area contributed by atoms with Crippen molar-refractivity contribution in [3.05, 3.63) is 54.1 Å². The predicted octanol–water partition coefficient (Wildman–Crippen LogP) is 3.16. The predicted molar refractivity (Wildman–Crippen MR) is 75.1 cm³/mol. The van der Waals surface area contributed by atoms with Crippen molar-refractivity contribution in [3.8, 4) is 17.2 Å². The molecule has 0 amide bonds. The van der Waals surface area contributed by atoms with E-state index in [0.29, 0.717) is 23.7 Å². The van der Waals surface area contributed by atoms with Crippen LogP contribution in [-0.2, 0) is 0 Å². The van der Waals surface area contributed by atoms with Crippen molar-refractivity contribution in [2.24, 2.45) is 5.73 Å². The number of nitrogens with two attached hydrogens (primary N) is 1. The van der Waals surface area contributed by atoms with E-state index in [0.717, 1.165) is 5.75 Å². The van der Waals surface area contributed by atoms with Crippen LogP contribution >= 0.6 is 0 Å². The molecule has 0 radical (unpaired) electrons. The van der Waals surface area contributed by atoms with Gasteiger partial charge in [-0.05, 0) is 43.3 Å². The minimum absolute atomic E-state index is 0.0462. The third kappa shape index (κ3) is 3.48. The molecule has 0 fully saturated rings. The van der Waals surface area contributed by atoms with Gasteiger partial charge in [0.15, 0.2) is 0 Å². The first kappa shape index (κ1) is 13.0. The number of rotatable bonds is 5. The van der Waals surface area contributed by atoms with Gasteiger partial charge < -0.3 is 15.2 Å². The molecule has 2 rings (SSSR count). The molecule has 0 aliphatic rings. The third-order valence-corrected chi connectivity index (χ3v) is 2.52. The molecular weight excluding hydrogens is 240 g/mol. The summed E-state index contributed by atoms with van der Waals surface area (Å²) < 4.78 is 11.1. The van der Waals surface area contributed by atoms with E-state index in [4.69, 9.17) is 20.6 Å². The van der Waals surface area contributed by atoms with Crippen LogP contribution in [0.2, 0.25) is 0 Å². The molecule has 2 aromatic rings. The summed E-state index contributed by atoms with van der Waals surface area (Å²) in [7, 11) is 0. The van der Waals surface area contributed by atoms with Crippen molar-refractivity contribution in [1.29, 1.82) is 5.41 Å². The van der Waals surface area contributed by atoms with Crippen LogP contribution in [0.25, 0.3) is 0 Å². The molecule has 0 spiro atoms. The van der Waals surface area contributed by atoms with E-state index >= 15 is 0 Å². The Bertz CT molecular complexity index is 565. The molecule has 0 bridgehead atoms. The van der Waals surface area contributed by atoms with Gasteiger partial charge >= 0.3 is 0 Å². The van der Waals surface area contributed by atoms with E-state index < -0.39 is 0 Å². The molecule has 98 valence electrons. The second kappa shape index (κ2) is 5.91. The van der Waals surface area contributed by atoms with Crippen LogP contribution in [0.5, 0.6) is 17.2 Å². The van der Waals surface area contributed by atoms with Gasteiger partial charge in [-0.3, -0.25) is 5.41 Å². The van der Waals surface area contributed by atoms with Gasteiger partial charge in [-0.2, -0.15) is 0 Å². The summed E-state index contributed by atoms with van der Waals surface area (Å²) in [6.07, 6.45) is 0. The molecule has 0 unspecified atom stereocenters. The highest BCUT2D eigenvalue weighted by Crippen LogP contribution is 2.25. The normalized spacial score (nSPS) is 9.95. The molecule has 0 saturated carbocycles. The van der Waals surface area contributed by atoms with Crippen molar-refractivity contribution in [1.82, 2.24) is 0 Å². The fraction of sp³-hybridized carbons (Fsp3) is 0.133. The van der Waals surface area contributed by atoms with Crippen molar-refractivity contribution in [2.45, 2.75) is 6.92 Å². The maximum atomic E-state index is 7.32. The second-order valence-corrected chi connectivity index (χ2v) is 3.95. The number of nitrogen functional groups attached to an aromatic ring is 1. The van der Waals surface area contributed by atoms with Gasteiger partial charge in [-0.1, -0.05) is 6.07 Å². The van der Waals surface area contributed by atoms with Crippen LogP contribution in [0.15, 0.2) is 48.5 Å². The Kier molecular flexibility index (Phi) is 4.03. The summed E-state index contributed by atoms with van der Waals surface area (Å²) in [5.74, 6) is 2.23. The van der Waals surface area contributed by atoms with Crippen LogP contribution in [0.4, 0.5) is 0 Å². The average Bonchev–Trinajstić information content (AvgIpc) is 2.40. The molecule has 0 aliphatic heterocycles. The second-order valence-electron chi connectivity index (χ2n) is 3.95. The maximum absolute atomic E-state index is 7.32. The van der Waals surface area contributed by atoms with Gasteiger partial charge in [-0.15, -0.1) is 0 Å². The lowest BCUT2D eigenvalue weighted by atomic mass is 10.2. The zero-order valence-electron chi connectivity index (χ0n) is 10.7. The van der Waals surface area contributed by atoms with Gasteiger partial charge in [0, 0.05) is 11.6 Å². The largest absolute Gasteiger partial charge is 0.494 e. The number of ether oxygens (including phenoxy) is 2. The van der Waals surface area contributed by atoms with Gasteiger partial charge in [0.05, 0.1) is 6.61 Å². The van der Waals surface area contributed by atoms with Crippen LogP contribution < -0.4 is 15.2 Å². The highest BCUT2D eigenvalue weighted by atomic mass is 16.5. The molecule has 4 heteroatoms. The summed E-state index contributed by atoms with van der Waals surface area (Å²) in [6.45, 7) is 2.56. The van der Waals surface area contributed by atoms with Crippen molar-refractivity contribution in [3.63, 3.8) is 0 Å². The SMILES string of the molecule is CCOc1cccc(Oc2ccc(C(=N)N)cc2)c1. The molecule has 2 aromatic carbocycles. The first-order valence-electron chi connectivity index (χ1n) is 6.04. The quantitative estimate of drug-likeness (QED) is 0.637. The first-order valence-corrected chi connectivity index (χ1v) is 6.04. The molecule has 0 aliphatic carbocycles. The van der Waals surface area contributed by atoms with Gasteiger partial charge in [0.1, 0.15) is 23.1 Å². The lowest BCUT2D eigenvalue weighted by Gasteiger charge is -2.08. The molecule has 0 saturated heterocycles. The Balaban J connectivity index is 2.12. The summed E-state index contributed by atoms with van der Waals surface area (Å²) >= 11 is 0. The number of amidine groups is 1. The van der Waals surface area contributed by atoms with Crippen molar-refractivity contribution in [2.75, 3.05) is 6.61 Å². The fourth-order valence-corrected chi connectivity index (χ4v) is 1.63. The van der Waals surface area contributed by atoms with Crippen molar-refractivity contribution < 1.29 is 9.47 Å². The van der Waals surface area contributed by atoms with E-state index in [9.17, 15) is 0 Å². The summed E-state index contributed by atoms with van der Waals surface area (Å²) in [6, 6.07) is 14.5. The molecule has 3 N–H and O–H groups in total. The van der Waals surface area contributed by atoms with Crippen LogP contribution in [0, 0.1) is 5.41 Å². The minimum atomic E-state index is 0.0462. The van der Waals surface area contributed by atoms with Crippen molar-refractivity contribution >= 4 is 5.84 Å². The number of hydrogen-bond donors (Lipinski definition) is 2. The lowest BCUT2D eigenvalue weighted by molar-refractivity contribution is 0.338. The molecule has 0 atom stereocenters. The summed E-state index contributed by atoms with van der Waals surface area (Å²) in [5.41, 5.74) is 6.07. The van der Waals surface area contributed by atoms with E-state index in [1.54, 1.807) is 24.3 Å². The molecule has 0 heterocycles. The van der Waals surface area contributed by atoms with Gasteiger partial charge in [-0.25, -0.2) is 0 Å². The highest BCUT2D eigenvalue weighted by Gasteiger charge is 2.01. The van der Waals surface area contributed by atoms with Crippen LogP contribution in [-0.4, -0.2) is 12.4 Å². The van der Waals surface area contributed by atoms with E-state index in [1.807, 2.05) is 31.2 Å². The summed E-state index contributed by atoms with van der Waals surface area (Å²) in [5, 5.41) is 7.32. The van der Waals surface area contributed by atoms with Crippen LogP contribution in [0.3, 0.4) is 0 Å². The minimum Gasteiger partial charge on any atom is -0.494 e. The topological polar surface area (TPSA) is 68.3 Å². The fourth-order valence-electron chi connectivity index (χ4n) is 1.63. The Morgan fingerprint density at radius 1 is 1.05 bits per heavy atom. The molecule has 0 aromatic heterocycles. The Hall–Kier alpha value is -2.49. The highest BCUT2D eigenvalue weighted by molar-refractivity contribution is 5.94. The monoisotopic (exact) mass is 256 g/mol. The zero-order chi connectivity index (χ0) is 13.7. The van der Waals surface area contributed by atoms with Gasteiger partial charge in [0.25, 0.3) is 0 Å². The molecule has 19 heavy (non-hydrogen) atoms. The summed E-state index contributed by atoms with van der Waals surface area (Å²) in [4.78, 5) is 0. The standard InChI is InChI=1S/C15H16N2O2/c1-2-18-13-4-3-5-14(10-13)19-12-8-6-11(7-9-12)15(16)17/h3-10H,2H2,1H3,(H3,16,17). The number of benzene rings is 2. The average molecular weight is 256 g/mol. The Labute approximate surface area is 112 Å². The third-order valence-electron chi connectivity index (χ3n) is 2.52. The van der Waals surface area contributed by atoms with E-state index in [2.05, 4.69) is 0 Å². The molecular formula is C15H16N2O2. The maximum Gasteiger partial charge on any atom is 0.131 e. The van der Waals surface area contributed by atoms with E-state index in [1.165, 1.54) is 0 Å². The zero-order valence-corrected chi connectivity index (χ0v) is 10.7.